The summed E-state index contributed by atoms with van der Waals surface area (Å²) >= 11 is 0. The van der Waals surface area contributed by atoms with Crippen LogP contribution in [0.1, 0.15) is 11.1 Å². The van der Waals surface area contributed by atoms with E-state index >= 15 is 0 Å². The van der Waals surface area contributed by atoms with Gasteiger partial charge >= 0.3 is 0 Å². The van der Waals surface area contributed by atoms with E-state index in [0.29, 0.717) is 35.0 Å². The van der Waals surface area contributed by atoms with E-state index < -0.39 is 22.5 Å². The van der Waals surface area contributed by atoms with Crippen LogP contribution < -0.4 is 19.1 Å². The summed E-state index contributed by atoms with van der Waals surface area (Å²) < 4.78 is 39.3. The van der Waals surface area contributed by atoms with Gasteiger partial charge in [0.25, 0.3) is 10.0 Å². The fourth-order valence-electron chi connectivity index (χ4n) is 3.75. The molecule has 37 heavy (non-hydrogen) atoms. The van der Waals surface area contributed by atoms with Gasteiger partial charge in [-0.3, -0.25) is 9.10 Å². The lowest BCUT2D eigenvalue weighted by Gasteiger charge is -2.24. The largest absolute Gasteiger partial charge is 0.496 e. The molecule has 7 nitrogen and oxygen atoms in total. The zero-order valence-corrected chi connectivity index (χ0v) is 21.4. The van der Waals surface area contributed by atoms with E-state index in [2.05, 4.69) is 5.32 Å². The lowest BCUT2D eigenvalue weighted by atomic mass is 10.2. The first-order valence-electron chi connectivity index (χ1n) is 11.7. The van der Waals surface area contributed by atoms with Crippen LogP contribution >= 0.6 is 0 Å². The Kier molecular flexibility index (Phi) is 8.10. The molecule has 1 N–H and O–H groups in total. The molecule has 4 aromatic rings. The Bertz CT molecular complexity index is 1440. The monoisotopic (exact) mass is 516 g/mol. The van der Waals surface area contributed by atoms with Crippen LogP contribution in [0.4, 0.5) is 11.4 Å². The summed E-state index contributed by atoms with van der Waals surface area (Å²) in [4.78, 5) is 13.0. The number of amides is 1. The average molecular weight is 517 g/mol. The van der Waals surface area contributed by atoms with E-state index in [1.807, 2.05) is 30.3 Å². The third kappa shape index (κ3) is 6.48. The van der Waals surface area contributed by atoms with Crippen LogP contribution in [0.5, 0.6) is 11.5 Å². The average Bonchev–Trinajstić information content (AvgIpc) is 2.92. The molecular formula is C29H28N2O5S. The van der Waals surface area contributed by atoms with E-state index in [-0.39, 0.29) is 4.90 Å². The van der Waals surface area contributed by atoms with Crippen LogP contribution in [0.25, 0.3) is 0 Å². The van der Waals surface area contributed by atoms with E-state index in [4.69, 9.17) is 9.47 Å². The predicted octanol–water partition coefficient (Wildman–Crippen LogP) is 5.42. The molecule has 0 aliphatic carbocycles. The van der Waals surface area contributed by atoms with Crippen molar-refractivity contribution in [2.45, 2.75) is 18.4 Å². The topological polar surface area (TPSA) is 84.9 Å². The molecule has 0 atom stereocenters. The first-order valence-corrected chi connectivity index (χ1v) is 13.1. The van der Waals surface area contributed by atoms with E-state index in [9.17, 15) is 13.2 Å². The first kappa shape index (κ1) is 25.8. The Balaban J connectivity index is 1.48. The van der Waals surface area contributed by atoms with Crippen molar-refractivity contribution in [1.29, 1.82) is 0 Å². The minimum Gasteiger partial charge on any atom is -0.496 e. The van der Waals surface area contributed by atoms with Crippen LogP contribution in [0.15, 0.2) is 108 Å². The van der Waals surface area contributed by atoms with Gasteiger partial charge in [-0.25, -0.2) is 8.42 Å². The Morgan fingerprint density at radius 2 is 1.51 bits per heavy atom. The molecule has 4 aromatic carbocycles. The Morgan fingerprint density at radius 1 is 0.865 bits per heavy atom. The highest BCUT2D eigenvalue weighted by Crippen LogP contribution is 2.27. The highest BCUT2D eigenvalue weighted by molar-refractivity contribution is 7.92. The number of methoxy groups -OCH3 is 1. The normalized spacial score (nSPS) is 11.0. The molecule has 190 valence electrons. The highest BCUT2D eigenvalue weighted by atomic mass is 32.2. The van der Waals surface area contributed by atoms with Gasteiger partial charge < -0.3 is 14.8 Å². The minimum absolute atomic E-state index is 0.0716. The number of nitrogens with zero attached hydrogens (tertiary/aromatic N) is 1. The van der Waals surface area contributed by atoms with Crippen LogP contribution in [0.3, 0.4) is 0 Å². The van der Waals surface area contributed by atoms with Crippen molar-refractivity contribution < 1.29 is 22.7 Å². The molecule has 0 aliphatic rings. The fourth-order valence-corrected chi connectivity index (χ4v) is 5.26. The second kappa shape index (κ2) is 11.6. The summed E-state index contributed by atoms with van der Waals surface area (Å²) in [7, 11) is -2.51. The van der Waals surface area contributed by atoms with Crippen LogP contribution in [-0.2, 0) is 21.4 Å². The summed E-state index contributed by atoms with van der Waals surface area (Å²) in [5.41, 5.74) is 2.64. The van der Waals surface area contributed by atoms with E-state index in [1.165, 1.54) is 19.2 Å². The molecule has 1 amide bonds. The number of rotatable bonds is 10. The number of ether oxygens (including phenoxy) is 2. The number of carbonyl (C=O) groups is 1. The number of carbonyl (C=O) groups excluding carboxylic acids is 1. The van der Waals surface area contributed by atoms with Crippen molar-refractivity contribution in [1.82, 2.24) is 0 Å². The molecule has 0 aliphatic heterocycles. The molecule has 8 heteroatoms. The maximum absolute atomic E-state index is 13.6. The summed E-state index contributed by atoms with van der Waals surface area (Å²) in [5.74, 6) is 0.764. The zero-order valence-electron chi connectivity index (χ0n) is 20.6. The molecular weight excluding hydrogens is 488 g/mol. The summed E-state index contributed by atoms with van der Waals surface area (Å²) in [6.45, 7) is 1.80. The molecule has 0 saturated heterocycles. The number of benzene rings is 4. The maximum atomic E-state index is 13.6. The summed E-state index contributed by atoms with van der Waals surface area (Å²) in [6, 6.07) is 29.9. The lowest BCUT2D eigenvalue weighted by Crippen LogP contribution is -2.38. The number of anilines is 2. The lowest BCUT2D eigenvalue weighted by molar-refractivity contribution is -0.114. The van der Waals surface area contributed by atoms with Crippen molar-refractivity contribution in [3.8, 4) is 11.5 Å². The van der Waals surface area contributed by atoms with Gasteiger partial charge in [0.05, 0.1) is 17.7 Å². The zero-order chi connectivity index (χ0) is 26.3. The van der Waals surface area contributed by atoms with E-state index in [1.54, 1.807) is 67.6 Å². The minimum atomic E-state index is -4.03. The molecule has 0 heterocycles. The van der Waals surface area contributed by atoms with Crippen molar-refractivity contribution in [2.24, 2.45) is 0 Å². The second-order valence-corrected chi connectivity index (χ2v) is 10.2. The Labute approximate surface area is 217 Å². The summed E-state index contributed by atoms with van der Waals surface area (Å²) in [5, 5.41) is 2.78. The van der Waals surface area contributed by atoms with Crippen LogP contribution in [-0.4, -0.2) is 28.0 Å². The summed E-state index contributed by atoms with van der Waals surface area (Å²) in [6.07, 6.45) is 0. The smallest absolute Gasteiger partial charge is 0.264 e. The number of sulfonamides is 1. The SMILES string of the molecule is COc1ccc(S(=O)(=O)N(CC(=O)Nc2ccc(OCc3ccccc3)cc2)c2ccccc2)cc1C. The molecule has 0 aromatic heterocycles. The molecule has 0 spiro atoms. The number of hydrogen-bond donors (Lipinski definition) is 1. The predicted molar refractivity (Wildman–Crippen MR) is 145 cm³/mol. The standard InChI is InChI=1S/C29H28N2O5S/c1-22-19-27(17-18-28(22)35-2)37(33,34)31(25-11-7-4-8-12-25)20-29(32)30-24-13-15-26(16-14-24)36-21-23-9-5-3-6-10-23/h3-19H,20-21H2,1-2H3,(H,30,32). The van der Waals surface area contributed by atoms with Crippen molar-refractivity contribution in [2.75, 3.05) is 23.3 Å². The molecule has 0 bridgehead atoms. The van der Waals surface area contributed by atoms with Crippen molar-refractivity contribution in [3.05, 3.63) is 114 Å². The number of para-hydroxylation sites is 1. The van der Waals surface area contributed by atoms with Gasteiger partial charge in [0.15, 0.2) is 0 Å². The number of nitrogens with one attached hydrogen (secondary N) is 1. The number of hydrogen-bond acceptors (Lipinski definition) is 5. The fraction of sp³-hybridized carbons (Fsp3) is 0.138. The molecule has 0 fully saturated rings. The molecule has 0 unspecified atom stereocenters. The highest BCUT2D eigenvalue weighted by Gasteiger charge is 2.27. The third-order valence-corrected chi connectivity index (χ3v) is 7.44. The van der Waals surface area contributed by atoms with Crippen LogP contribution in [0, 0.1) is 6.92 Å². The molecule has 0 radical (unpaired) electrons. The van der Waals surface area contributed by atoms with Gasteiger partial charge in [0, 0.05) is 5.69 Å². The van der Waals surface area contributed by atoms with Gasteiger partial charge in [-0.15, -0.1) is 0 Å². The maximum Gasteiger partial charge on any atom is 0.264 e. The Hall–Kier alpha value is -4.30. The van der Waals surface area contributed by atoms with Crippen molar-refractivity contribution in [3.63, 3.8) is 0 Å². The molecule has 0 saturated carbocycles. The van der Waals surface area contributed by atoms with Gasteiger partial charge in [0.2, 0.25) is 5.91 Å². The quantitative estimate of drug-likeness (QED) is 0.304. The first-order chi connectivity index (χ1) is 17.9. The number of aryl methyl sites for hydroxylation is 1. The van der Waals surface area contributed by atoms with Gasteiger partial charge in [0.1, 0.15) is 24.7 Å². The van der Waals surface area contributed by atoms with Crippen molar-refractivity contribution >= 4 is 27.3 Å². The van der Waals surface area contributed by atoms with Gasteiger partial charge in [-0.1, -0.05) is 48.5 Å². The van der Waals surface area contributed by atoms with Crippen LogP contribution in [0.2, 0.25) is 0 Å². The second-order valence-electron chi connectivity index (χ2n) is 8.33. The molecule has 4 rings (SSSR count). The third-order valence-electron chi connectivity index (χ3n) is 5.67. The Morgan fingerprint density at radius 3 is 2.14 bits per heavy atom. The van der Waals surface area contributed by atoms with Gasteiger partial charge in [-0.2, -0.15) is 0 Å². The van der Waals surface area contributed by atoms with E-state index in [0.717, 1.165) is 9.87 Å². The van der Waals surface area contributed by atoms with Gasteiger partial charge in [-0.05, 0) is 72.6 Å².